The van der Waals surface area contributed by atoms with Crippen LogP contribution in [0.15, 0.2) is 23.1 Å². The van der Waals surface area contributed by atoms with Crippen molar-refractivity contribution < 1.29 is 9.50 Å². The van der Waals surface area contributed by atoms with E-state index in [1.54, 1.807) is 6.07 Å². The highest BCUT2D eigenvalue weighted by molar-refractivity contribution is 8.00. The van der Waals surface area contributed by atoms with Gasteiger partial charge in [0.2, 0.25) is 0 Å². The van der Waals surface area contributed by atoms with Gasteiger partial charge in [0.25, 0.3) is 0 Å². The molecular weight excluding hydrogens is 213 g/mol. The quantitative estimate of drug-likeness (QED) is 0.779. The summed E-state index contributed by atoms with van der Waals surface area (Å²) >= 11 is 1.32. The van der Waals surface area contributed by atoms with Crippen LogP contribution in [0.1, 0.15) is 25.5 Å². The molecule has 0 aromatic heterocycles. The van der Waals surface area contributed by atoms with Crippen LogP contribution < -0.4 is 5.73 Å². The van der Waals surface area contributed by atoms with Crippen molar-refractivity contribution in [1.29, 1.82) is 0 Å². The zero-order valence-electron chi connectivity index (χ0n) is 8.90. The molecule has 3 N–H and O–H groups in total. The second-order valence-corrected chi connectivity index (χ2v) is 5.07. The summed E-state index contributed by atoms with van der Waals surface area (Å²) in [7, 11) is 0. The van der Waals surface area contributed by atoms with Gasteiger partial charge in [-0.25, -0.2) is 4.39 Å². The topological polar surface area (TPSA) is 46.2 Å². The Labute approximate surface area is 93.7 Å². The summed E-state index contributed by atoms with van der Waals surface area (Å²) in [5.74, 6) is -0.268. The van der Waals surface area contributed by atoms with Crippen molar-refractivity contribution >= 4 is 11.8 Å². The SMILES string of the molecule is CC(CO)Sc1ccc([C@H](C)N)cc1F. The van der Waals surface area contributed by atoms with Crippen molar-refractivity contribution in [2.75, 3.05) is 6.61 Å². The highest BCUT2D eigenvalue weighted by Gasteiger charge is 2.09. The number of aliphatic hydroxyl groups excluding tert-OH is 1. The predicted molar refractivity (Wildman–Crippen MR) is 61.4 cm³/mol. The number of hydrogen-bond donors (Lipinski definition) is 2. The molecule has 1 aromatic carbocycles. The third-order valence-electron chi connectivity index (χ3n) is 2.07. The normalized spacial score (nSPS) is 15.0. The van der Waals surface area contributed by atoms with Gasteiger partial charge in [-0.3, -0.25) is 0 Å². The fourth-order valence-electron chi connectivity index (χ4n) is 1.15. The van der Waals surface area contributed by atoms with E-state index in [4.69, 9.17) is 10.8 Å². The third kappa shape index (κ3) is 3.48. The maximum absolute atomic E-state index is 13.5. The van der Waals surface area contributed by atoms with Crippen LogP contribution in [0.4, 0.5) is 4.39 Å². The molecule has 2 atom stereocenters. The monoisotopic (exact) mass is 229 g/mol. The minimum absolute atomic E-state index is 0.000602. The second kappa shape index (κ2) is 5.49. The number of rotatable bonds is 4. The Morgan fingerprint density at radius 3 is 2.60 bits per heavy atom. The molecular formula is C11H16FNOS. The molecule has 0 spiro atoms. The first-order valence-electron chi connectivity index (χ1n) is 4.87. The van der Waals surface area contributed by atoms with Gasteiger partial charge in [-0.05, 0) is 24.6 Å². The van der Waals surface area contributed by atoms with Crippen molar-refractivity contribution in [3.05, 3.63) is 29.6 Å². The first-order valence-corrected chi connectivity index (χ1v) is 5.75. The number of benzene rings is 1. The van der Waals surface area contributed by atoms with Gasteiger partial charge in [-0.1, -0.05) is 13.0 Å². The van der Waals surface area contributed by atoms with E-state index in [1.165, 1.54) is 17.8 Å². The predicted octanol–water partition coefficient (Wildman–Crippen LogP) is 2.32. The number of thioether (sulfide) groups is 1. The lowest BCUT2D eigenvalue weighted by atomic mass is 10.1. The Balaban J connectivity index is 2.83. The van der Waals surface area contributed by atoms with E-state index in [1.807, 2.05) is 19.9 Å². The summed E-state index contributed by atoms with van der Waals surface area (Å²) in [6, 6.07) is 4.83. The maximum atomic E-state index is 13.5. The lowest BCUT2D eigenvalue weighted by Gasteiger charge is -2.11. The zero-order chi connectivity index (χ0) is 11.4. The zero-order valence-corrected chi connectivity index (χ0v) is 9.72. The standard InChI is InChI=1S/C11H16FNOS/c1-7(6-14)15-11-4-3-9(8(2)13)5-10(11)12/h3-5,7-8,14H,6,13H2,1-2H3/t7?,8-/m0/s1. The number of aliphatic hydroxyl groups is 1. The molecule has 15 heavy (non-hydrogen) atoms. The summed E-state index contributed by atoms with van der Waals surface area (Å²) in [5, 5.41) is 8.87. The molecule has 1 rings (SSSR count). The Kier molecular flexibility index (Phi) is 4.57. The molecule has 1 aromatic rings. The molecule has 0 saturated carbocycles. The molecule has 0 aliphatic carbocycles. The second-order valence-electron chi connectivity index (χ2n) is 3.59. The van der Waals surface area contributed by atoms with Crippen LogP contribution in [0.25, 0.3) is 0 Å². The van der Waals surface area contributed by atoms with Gasteiger partial charge in [0.1, 0.15) is 5.82 Å². The number of nitrogens with two attached hydrogens (primary N) is 1. The molecule has 0 radical (unpaired) electrons. The highest BCUT2D eigenvalue weighted by atomic mass is 32.2. The van der Waals surface area contributed by atoms with Gasteiger partial charge in [-0.15, -0.1) is 11.8 Å². The van der Waals surface area contributed by atoms with Crippen molar-refractivity contribution in [3.63, 3.8) is 0 Å². The summed E-state index contributed by atoms with van der Waals surface area (Å²) < 4.78 is 13.5. The fraction of sp³-hybridized carbons (Fsp3) is 0.455. The van der Waals surface area contributed by atoms with Crippen molar-refractivity contribution in [2.45, 2.75) is 30.0 Å². The minimum Gasteiger partial charge on any atom is -0.395 e. The van der Waals surface area contributed by atoms with Crippen molar-refractivity contribution in [1.82, 2.24) is 0 Å². The van der Waals surface area contributed by atoms with E-state index in [9.17, 15) is 4.39 Å². The van der Waals surface area contributed by atoms with Gasteiger partial charge < -0.3 is 10.8 Å². The van der Waals surface area contributed by atoms with E-state index in [0.717, 1.165) is 5.56 Å². The molecule has 84 valence electrons. The summed E-state index contributed by atoms with van der Waals surface area (Å²) in [4.78, 5) is 0.556. The molecule has 0 amide bonds. The maximum Gasteiger partial charge on any atom is 0.137 e. The van der Waals surface area contributed by atoms with E-state index in [2.05, 4.69) is 0 Å². The van der Waals surface area contributed by atoms with Gasteiger partial charge >= 0.3 is 0 Å². The smallest absolute Gasteiger partial charge is 0.137 e. The van der Waals surface area contributed by atoms with Crippen LogP contribution in [0, 0.1) is 5.82 Å². The van der Waals surface area contributed by atoms with Crippen LogP contribution in [-0.2, 0) is 0 Å². The van der Waals surface area contributed by atoms with Crippen LogP contribution in [0.2, 0.25) is 0 Å². The molecule has 1 unspecified atom stereocenters. The first kappa shape index (κ1) is 12.5. The molecule has 0 fully saturated rings. The molecule has 0 saturated heterocycles. The van der Waals surface area contributed by atoms with Gasteiger partial charge in [-0.2, -0.15) is 0 Å². The number of halogens is 1. The lowest BCUT2D eigenvalue weighted by molar-refractivity contribution is 0.300. The number of hydrogen-bond acceptors (Lipinski definition) is 3. The van der Waals surface area contributed by atoms with E-state index >= 15 is 0 Å². The molecule has 4 heteroatoms. The molecule has 2 nitrogen and oxygen atoms in total. The Bertz CT molecular complexity index is 330. The molecule has 0 aliphatic heterocycles. The van der Waals surface area contributed by atoms with E-state index in [-0.39, 0.29) is 23.7 Å². The highest BCUT2D eigenvalue weighted by Crippen LogP contribution is 2.27. The van der Waals surface area contributed by atoms with Crippen LogP contribution in [0.5, 0.6) is 0 Å². The Morgan fingerprint density at radius 2 is 2.13 bits per heavy atom. The van der Waals surface area contributed by atoms with Crippen LogP contribution in [0.3, 0.4) is 0 Å². The summed E-state index contributed by atoms with van der Waals surface area (Å²) in [6.07, 6.45) is 0. The summed E-state index contributed by atoms with van der Waals surface area (Å²) in [5.41, 5.74) is 6.43. The fourth-order valence-corrected chi connectivity index (χ4v) is 1.98. The average molecular weight is 229 g/mol. The van der Waals surface area contributed by atoms with Crippen LogP contribution >= 0.6 is 11.8 Å². The van der Waals surface area contributed by atoms with Crippen LogP contribution in [-0.4, -0.2) is 17.0 Å². The molecule has 0 aliphatic rings. The molecule has 0 bridgehead atoms. The first-order chi connectivity index (χ1) is 7.04. The third-order valence-corrected chi connectivity index (χ3v) is 3.20. The van der Waals surface area contributed by atoms with E-state index in [0.29, 0.717) is 4.90 Å². The molecule has 0 heterocycles. The minimum atomic E-state index is -0.268. The largest absolute Gasteiger partial charge is 0.395 e. The Hall–Kier alpha value is -0.580. The van der Waals surface area contributed by atoms with Crippen molar-refractivity contribution in [3.8, 4) is 0 Å². The van der Waals surface area contributed by atoms with Crippen molar-refractivity contribution in [2.24, 2.45) is 5.73 Å². The van der Waals surface area contributed by atoms with Gasteiger partial charge in [0, 0.05) is 16.2 Å². The lowest BCUT2D eigenvalue weighted by Crippen LogP contribution is -2.06. The average Bonchev–Trinajstić information content (AvgIpc) is 2.20. The van der Waals surface area contributed by atoms with E-state index < -0.39 is 0 Å². The summed E-state index contributed by atoms with van der Waals surface area (Å²) in [6.45, 7) is 3.71. The Morgan fingerprint density at radius 1 is 1.47 bits per heavy atom. The van der Waals surface area contributed by atoms with Gasteiger partial charge in [0.05, 0.1) is 6.61 Å². The van der Waals surface area contributed by atoms with Gasteiger partial charge in [0.15, 0.2) is 0 Å².